The molecule has 0 aromatic carbocycles. The molecular weight excluding hydrogens is 236 g/mol. The van der Waals surface area contributed by atoms with E-state index in [9.17, 15) is 10.1 Å². The molecular formula is C11H18N4O3. The van der Waals surface area contributed by atoms with Crippen molar-refractivity contribution in [2.75, 3.05) is 18.1 Å². The Balaban J connectivity index is 2.94. The summed E-state index contributed by atoms with van der Waals surface area (Å²) in [4.78, 5) is 19.9. The average molecular weight is 254 g/mol. The van der Waals surface area contributed by atoms with Crippen molar-refractivity contribution in [2.45, 2.75) is 32.7 Å². The average Bonchev–Trinajstić information content (AvgIpc) is 2.39. The number of nitro groups is 1. The topological polar surface area (TPSA) is 92.4 Å². The van der Waals surface area contributed by atoms with Crippen molar-refractivity contribution in [1.82, 2.24) is 9.97 Å². The Morgan fingerprint density at radius 1 is 1.39 bits per heavy atom. The molecule has 0 atom stereocenters. The van der Waals surface area contributed by atoms with Crippen molar-refractivity contribution in [1.29, 1.82) is 0 Å². The third-order valence-electron chi connectivity index (χ3n) is 2.82. The van der Waals surface area contributed by atoms with Crippen LogP contribution in [0.3, 0.4) is 0 Å². The zero-order valence-corrected chi connectivity index (χ0v) is 10.6. The Morgan fingerprint density at radius 2 is 1.94 bits per heavy atom. The first-order chi connectivity index (χ1) is 8.63. The van der Waals surface area contributed by atoms with Crippen LogP contribution in [0.4, 0.5) is 11.6 Å². The number of aliphatic hydroxyl groups excluding tert-OH is 1. The van der Waals surface area contributed by atoms with Crippen LogP contribution in [0.25, 0.3) is 0 Å². The molecule has 18 heavy (non-hydrogen) atoms. The summed E-state index contributed by atoms with van der Waals surface area (Å²) in [6, 6.07) is 0.221. The molecule has 0 amide bonds. The number of hydrogen-bond donors (Lipinski definition) is 1. The summed E-state index contributed by atoms with van der Waals surface area (Å²) < 4.78 is 0. The second-order valence-corrected chi connectivity index (χ2v) is 3.89. The Kier molecular flexibility index (Phi) is 5.44. The summed E-state index contributed by atoms with van der Waals surface area (Å²) in [5.41, 5.74) is -0.132. The smallest absolute Gasteiger partial charge is 0.305 e. The molecule has 1 N–H and O–H groups in total. The Hall–Kier alpha value is -1.76. The summed E-state index contributed by atoms with van der Waals surface area (Å²) >= 11 is 0. The third kappa shape index (κ3) is 3.36. The highest BCUT2D eigenvalue weighted by Crippen LogP contribution is 2.17. The van der Waals surface area contributed by atoms with E-state index in [1.807, 2.05) is 18.7 Å². The number of nitrogens with zero attached hydrogens (tertiary/aromatic N) is 4. The molecule has 0 aliphatic heterocycles. The molecule has 0 saturated carbocycles. The largest absolute Gasteiger partial charge is 0.395 e. The highest BCUT2D eigenvalue weighted by molar-refractivity contribution is 5.35. The standard InChI is InChI=1S/C11H18N4O3/c1-3-9(4-2)14(5-6-16)11-12-7-10(8-13-11)15(17)18/h7-9,16H,3-6H2,1-2H3. The fraction of sp³-hybridized carbons (Fsp3) is 0.636. The van der Waals surface area contributed by atoms with Crippen LogP contribution in [-0.4, -0.2) is 39.2 Å². The second kappa shape index (κ2) is 6.85. The maximum atomic E-state index is 10.5. The van der Waals surface area contributed by atoms with Crippen molar-refractivity contribution >= 4 is 11.6 Å². The molecule has 100 valence electrons. The summed E-state index contributed by atoms with van der Waals surface area (Å²) in [6.45, 7) is 4.51. The first-order valence-electron chi connectivity index (χ1n) is 5.97. The highest BCUT2D eigenvalue weighted by Gasteiger charge is 2.18. The highest BCUT2D eigenvalue weighted by atomic mass is 16.6. The molecule has 0 saturated heterocycles. The lowest BCUT2D eigenvalue weighted by molar-refractivity contribution is -0.385. The molecule has 0 bridgehead atoms. The quantitative estimate of drug-likeness (QED) is 0.583. The van der Waals surface area contributed by atoms with Crippen LogP contribution in [0.5, 0.6) is 0 Å². The van der Waals surface area contributed by atoms with Crippen molar-refractivity contribution < 1.29 is 10.0 Å². The molecule has 0 aliphatic rings. The summed E-state index contributed by atoms with van der Waals surface area (Å²) in [5, 5.41) is 19.6. The van der Waals surface area contributed by atoms with Crippen LogP contribution in [0, 0.1) is 10.1 Å². The zero-order chi connectivity index (χ0) is 13.5. The van der Waals surface area contributed by atoms with Crippen molar-refractivity contribution in [3.05, 3.63) is 22.5 Å². The predicted molar refractivity (Wildman–Crippen MR) is 67.5 cm³/mol. The van der Waals surface area contributed by atoms with Gasteiger partial charge in [-0.2, -0.15) is 0 Å². The van der Waals surface area contributed by atoms with Gasteiger partial charge in [-0.1, -0.05) is 13.8 Å². The van der Waals surface area contributed by atoms with Crippen LogP contribution in [-0.2, 0) is 0 Å². The SMILES string of the molecule is CCC(CC)N(CCO)c1ncc([N+](=O)[O-])cn1. The molecule has 0 fully saturated rings. The van der Waals surface area contributed by atoms with Crippen LogP contribution >= 0.6 is 0 Å². The van der Waals surface area contributed by atoms with E-state index in [-0.39, 0.29) is 18.3 Å². The first-order valence-corrected chi connectivity index (χ1v) is 5.97. The van der Waals surface area contributed by atoms with E-state index >= 15 is 0 Å². The number of hydrogen-bond acceptors (Lipinski definition) is 6. The van der Waals surface area contributed by atoms with Gasteiger partial charge >= 0.3 is 5.69 Å². The molecule has 1 heterocycles. The van der Waals surface area contributed by atoms with Gasteiger partial charge in [0.25, 0.3) is 0 Å². The Morgan fingerprint density at radius 3 is 2.33 bits per heavy atom. The van der Waals surface area contributed by atoms with E-state index in [0.717, 1.165) is 12.8 Å². The van der Waals surface area contributed by atoms with Gasteiger partial charge < -0.3 is 10.0 Å². The maximum absolute atomic E-state index is 10.5. The fourth-order valence-corrected chi connectivity index (χ4v) is 1.84. The molecule has 7 nitrogen and oxygen atoms in total. The predicted octanol–water partition coefficient (Wildman–Crippen LogP) is 1.37. The van der Waals surface area contributed by atoms with Gasteiger partial charge in [-0.3, -0.25) is 10.1 Å². The number of aromatic nitrogens is 2. The van der Waals surface area contributed by atoms with E-state index in [2.05, 4.69) is 9.97 Å². The van der Waals surface area contributed by atoms with Gasteiger partial charge in [0.05, 0.1) is 11.5 Å². The van der Waals surface area contributed by atoms with Crippen molar-refractivity contribution in [3.63, 3.8) is 0 Å². The molecule has 0 unspecified atom stereocenters. The monoisotopic (exact) mass is 254 g/mol. The van der Waals surface area contributed by atoms with Gasteiger partial charge in [0.1, 0.15) is 12.4 Å². The zero-order valence-electron chi connectivity index (χ0n) is 10.6. The van der Waals surface area contributed by atoms with Gasteiger partial charge in [0.2, 0.25) is 5.95 Å². The van der Waals surface area contributed by atoms with E-state index < -0.39 is 4.92 Å². The third-order valence-corrected chi connectivity index (χ3v) is 2.82. The molecule has 1 aromatic heterocycles. The molecule has 0 aliphatic carbocycles. The summed E-state index contributed by atoms with van der Waals surface area (Å²) in [5.74, 6) is 0.420. The number of anilines is 1. The summed E-state index contributed by atoms with van der Waals surface area (Å²) in [6.07, 6.45) is 4.18. The van der Waals surface area contributed by atoms with Gasteiger partial charge in [-0.15, -0.1) is 0 Å². The number of aliphatic hydroxyl groups is 1. The van der Waals surface area contributed by atoms with Gasteiger partial charge in [-0.05, 0) is 12.8 Å². The minimum Gasteiger partial charge on any atom is -0.395 e. The minimum atomic E-state index is -0.530. The number of rotatable bonds is 7. The van der Waals surface area contributed by atoms with Crippen LogP contribution < -0.4 is 4.90 Å². The Bertz CT molecular complexity index is 378. The molecule has 0 radical (unpaired) electrons. The first kappa shape index (κ1) is 14.3. The van der Waals surface area contributed by atoms with Gasteiger partial charge in [-0.25, -0.2) is 9.97 Å². The normalized spacial score (nSPS) is 10.7. The fourth-order valence-electron chi connectivity index (χ4n) is 1.84. The molecule has 1 aromatic rings. The Labute approximate surface area is 106 Å². The van der Waals surface area contributed by atoms with Gasteiger partial charge in [0, 0.05) is 12.6 Å². The van der Waals surface area contributed by atoms with Crippen molar-refractivity contribution in [3.8, 4) is 0 Å². The van der Waals surface area contributed by atoms with E-state index in [1.54, 1.807) is 0 Å². The second-order valence-electron chi connectivity index (χ2n) is 3.89. The molecule has 1 rings (SSSR count). The van der Waals surface area contributed by atoms with E-state index in [1.165, 1.54) is 12.4 Å². The van der Waals surface area contributed by atoms with Crippen LogP contribution in [0.2, 0.25) is 0 Å². The molecule has 0 spiro atoms. The lowest BCUT2D eigenvalue weighted by atomic mass is 10.1. The minimum absolute atomic E-state index is 0.00313. The summed E-state index contributed by atoms with van der Waals surface area (Å²) in [7, 11) is 0. The van der Waals surface area contributed by atoms with Crippen LogP contribution in [0.15, 0.2) is 12.4 Å². The van der Waals surface area contributed by atoms with Gasteiger partial charge in [0.15, 0.2) is 0 Å². The van der Waals surface area contributed by atoms with Crippen LogP contribution in [0.1, 0.15) is 26.7 Å². The molecule has 7 heteroatoms. The van der Waals surface area contributed by atoms with E-state index in [0.29, 0.717) is 12.5 Å². The van der Waals surface area contributed by atoms with E-state index in [4.69, 9.17) is 5.11 Å². The lowest BCUT2D eigenvalue weighted by Gasteiger charge is -2.29. The van der Waals surface area contributed by atoms with Crippen molar-refractivity contribution in [2.24, 2.45) is 0 Å². The maximum Gasteiger partial charge on any atom is 0.305 e. The lowest BCUT2D eigenvalue weighted by Crippen LogP contribution is -2.38.